The molecule has 0 aliphatic carbocycles. The largest absolute Gasteiger partial charge is 0.371 e. The highest BCUT2D eigenvalue weighted by Crippen LogP contribution is 2.29. The maximum Gasteiger partial charge on any atom is 0.251 e. The number of nitrogens with one attached hydrogen (secondary N) is 3. The van der Waals surface area contributed by atoms with Gasteiger partial charge in [-0.3, -0.25) is 9.59 Å². The van der Waals surface area contributed by atoms with Crippen LogP contribution in [0.2, 0.25) is 5.02 Å². The average molecular weight is 468 g/mol. The van der Waals surface area contributed by atoms with Gasteiger partial charge in [-0.25, -0.2) is 12.8 Å². The molecule has 0 saturated heterocycles. The molecule has 166 valence electrons. The van der Waals surface area contributed by atoms with E-state index >= 15 is 0 Å². The monoisotopic (exact) mass is 467 g/mol. The SMILES string of the molecule is CCC(C)NC(=O)c1ccc2c(c1)NC(=O)C(CS(=O)(=O)Cc1c(F)cccc1Cl)N2. The molecule has 7 nitrogen and oxygen atoms in total. The molecule has 0 spiro atoms. The number of hydrogen-bond acceptors (Lipinski definition) is 5. The summed E-state index contributed by atoms with van der Waals surface area (Å²) in [6.07, 6.45) is 0.781. The lowest BCUT2D eigenvalue weighted by Crippen LogP contribution is -2.44. The number of fused-ring (bicyclic) bond motifs is 1. The van der Waals surface area contributed by atoms with Crippen molar-refractivity contribution in [2.75, 3.05) is 16.4 Å². The quantitative estimate of drug-likeness (QED) is 0.579. The van der Waals surface area contributed by atoms with Crippen molar-refractivity contribution >= 4 is 44.6 Å². The van der Waals surface area contributed by atoms with Gasteiger partial charge < -0.3 is 16.0 Å². The molecule has 10 heteroatoms. The van der Waals surface area contributed by atoms with Gasteiger partial charge in [-0.05, 0) is 43.7 Å². The minimum absolute atomic E-state index is 0.00814. The van der Waals surface area contributed by atoms with Gasteiger partial charge in [-0.15, -0.1) is 0 Å². The van der Waals surface area contributed by atoms with Crippen molar-refractivity contribution in [2.45, 2.75) is 38.1 Å². The van der Waals surface area contributed by atoms with Crippen LogP contribution in [0.15, 0.2) is 36.4 Å². The summed E-state index contributed by atoms with van der Waals surface area (Å²) in [7, 11) is -3.86. The Hall–Kier alpha value is -2.65. The van der Waals surface area contributed by atoms with Crippen molar-refractivity contribution in [3.05, 3.63) is 58.4 Å². The maximum absolute atomic E-state index is 14.0. The Morgan fingerprint density at radius 1 is 1.26 bits per heavy atom. The zero-order chi connectivity index (χ0) is 22.8. The Morgan fingerprint density at radius 2 is 2.00 bits per heavy atom. The van der Waals surface area contributed by atoms with E-state index < -0.39 is 39.1 Å². The van der Waals surface area contributed by atoms with E-state index in [4.69, 9.17) is 11.6 Å². The Morgan fingerprint density at radius 3 is 2.68 bits per heavy atom. The number of amides is 2. The van der Waals surface area contributed by atoms with Crippen LogP contribution in [-0.4, -0.2) is 38.1 Å². The molecule has 2 unspecified atom stereocenters. The number of sulfone groups is 1. The fraction of sp³-hybridized carbons (Fsp3) is 0.333. The first-order valence-corrected chi connectivity index (χ1v) is 11.9. The van der Waals surface area contributed by atoms with Gasteiger partial charge in [0, 0.05) is 22.2 Å². The smallest absolute Gasteiger partial charge is 0.251 e. The van der Waals surface area contributed by atoms with Crippen LogP contribution in [0.25, 0.3) is 0 Å². The predicted octanol–water partition coefficient (Wildman–Crippen LogP) is 3.36. The molecule has 3 rings (SSSR count). The van der Waals surface area contributed by atoms with Crippen LogP contribution in [0.4, 0.5) is 15.8 Å². The van der Waals surface area contributed by atoms with Crippen molar-refractivity contribution in [2.24, 2.45) is 0 Å². The number of benzene rings is 2. The van der Waals surface area contributed by atoms with Gasteiger partial charge >= 0.3 is 0 Å². The van der Waals surface area contributed by atoms with Crippen LogP contribution in [-0.2, 0) is 20.4 Å². The molecule has 1 aliphatic rings. The van der Waals surface area contributed by atoms with Gasteiger partial charge in [0.2, 0.25) is 5.91 Å². The third kappa shape index (κ3) is 5.54. The zero-order valence-corrected chi connectivity index (χ0v) is 18.6. The van der Waals surface area contributed by atoms with E-state index in [-0.39, 0.29) is 22.5 Å². The number of anilines is 2. The molecule has 31 heavy (non-hydrogen) atoms. The number of carbonyl (C=O) groups excluding carboxylic acids is 2. The Labute approximate surface area is 185 Å². The molecule has 0 aromatic heterocycles. The molecule has 0 saturated carbocycles. The summed E-state index contributed by atoms with van der Waals surface area (Å²) < 4.78 is 39.2. The van der Waals surface area contributed by atoms with Gasteiger partial charge in [-0.1, -0.05) is 24.6 Å². The van der Waals surface area contributed by atoms with Gasteiger partial charge in [0.05, 0.1) is 22.9 Å². The van der Waals surface area contributed by atoms with E-state index in [9.17, 15) is 22.4 Å². The lowest BCUT2D eigenvalue weighted by atomic mass is 10.1. The molecule has 2 atom stereocenters. The van der Waals surface area contributed by atoms with Crippen molar-refractivity contribution in [1.82, 2.24) is 5.32 Å². The van der Waals surface area contributed by atoms with Gasteiger partial charge in [0.15, 0.2) is 9.84 Å². The van der Waals surface area contributed by atoms with E-state index in [2.05, 4.69) is 16.0 Å². The van der Waals surface area contributed by atoms with Crippen LogP contribution in [0.5, 0.6) is 0 Å². The summed E-state index contributed by atoms with van der Waals surface area (Å²) >= 11 is 5.92. The molecule has 2 aromatic carbocycles. The van der Waals surface area contributed by atoms with Crippen LogP contribution < -0.4 is 16.0 Å². The maximum atomic E-state index is 14.0. The second kappa shape index (κ2) is 9.23. The van der Waals surface area contributed by atoms with Crippen LogP contribution >= 0.6 is 11.6 Å². The Bertz CT molecular complexity index is 1100. The lowest BCUT2D eigenvalue weighted by molar-refractivity contribution is -0.116. The lowest BCUT2D eigenvalue weighted by Gasteiger charge is -2.27. The van der Waals surface area contributed by atoms with Crippen LogP contribution in [0, 0.1) is 5.82 Å². The molecule has 2 amide bonds. The molecular weight excluding hydrogens is 445 g/mol. The summed E-state index contributed by atoms with van der Waals surface area (Å²) in [5.41, 5.74) is 1.12. The third-order valence-electron chi connectivity index (χ3n) is 5.02. The van der Waals surface area contributed by atoms with Crippen LogP contribution in [0.3, 0.4) is 0 Å². The summed E-state index contributed by atoms with van der Waals surface area (Å²) in [4.78, 5) is 24.8. The van der Waals surface area contributed by atoms with Crippen molar-refractivity contribution in [1.29, 1.82) is 0 Å². The summed E-state index contributed by atoms with van der Waals surface area (Å²) in [5, 5.41) is 8.38. The first kappa shape index (κ1) is 23.0. The standard InChI is InChI=1S/C21H23ClFN3O4S/c1-3-12(2)24-20(27)13-7-8-17-18(9-13)26-21(28)19(25-17)11-31(29,30)10-14-15(22)5-4-6-16(14)23/h4-9,12,19,25H,3,10-11H2,1-2H3,(H,24,27)(H,26,28). The molecule has 0 radical (unpaired) electrons. The number of hydrogen-bond donors (Lipinski definition) is 3. The normalized spacial score (nSPS) is 16.6. The van der Waals surface area contributed by atoms with Crippen molar-refractivity contribution in [3.8, 4) is 0 Å². The topological polar surface area (TPSA) is 104 Å². The third-order valence-corrected chi connectivity index (χ3v) is 6.95. The fourth-order valence-corrected chi connectivity index (χ4v) is 5.02. The Balaban J connectivity index is 1.74. The van der Waals surface area contributed by atoms with E-state index in [1.165, 1.54) is 18.2 Å². The first-order chi connectivity index (χ1) is 14.6. The highest BCUT2D eigenvalue weighted by molar-refractivity contribution is 7.90. The summed E-state index contributed by atoms with van der Waals surface area (Å²) in [6, 6.07) is 7.59. The second-order valence-corrected chi connectivity index (χ2v) is 10.0. The molecule has 2 aromatic rings. The number of rotatable bonds is 7. The van der Waals surface area contributed by atoms with E-state index in [1.54, 1.807) is 12.1 Å². The van der Waals surface area contributed by atoms with Gasteiger partial charge in [0.1, 0.15) is 11.9 Å². The van der Waals surface area contributed by atoms with Crippen molar-refractivity contribution < 1.29 is 22.4 Å². The molecule has 3 N–H and O–H groups in total. The molecular formula is C21H23ClFN3O4S. The van der Waals surface area contributed by atoms with E-state index in [1.807, 2.05) is 13.8 Å². The number of halogens is 2. The number of carbonyl (C=O) groups is 2. The molecule has 0 fully saturated rings. The second-order valence-electron chi connectivity index (χ2n) is 7.48. The molecule has 0 bridgehead atoms. The fourth-order valence-electron chi connectivity index (χ4n) is 3.12. The summed E-state index contributed by atoms with van der Waals surface area (Å²) in [5.74, 6) is -2.70. The van der Waals surface area contributed by atoms with Crippen LogP contribution in [0.1, 0.15) is 36.2 Å². The zero-order valence-electron chi connectivity index (χ0n) is 17.0. The highest BCUT2D eigenvalue weighted by Gasteiger charge is 2.31. The van der Waals surface area contributed by atoms with Crippen molar-refractivity contribution in [3.63, 3.8) is 0 Å². The predicted molar refractivity (Wildman–Crippen MR) is 119 cm³/mol. The molecule has 1 heterocycles. The first-order valence-electron chi connectivity index (χ1n) is 9.75. The summed E-state index contributed by atoms with van der Waals surface area (Å²) in [6.45, 7) is 3.84. The average Bonchev–Trinajstić information content (AvgIpc) is 2.70. The van der Waals surface area contributed by atoms with E-state index in [0.717, 1.165) is 12.5 Å². The Kier molecular flexibility index (Phi) is 6.86. The highest BCUT2D eigenvalue weighted by atomic mass is 35.5. The minimum atomic E-state index is -3.86. The van der Waals surface area contributed by atoms with E-state index in [0.29, 0.717) is 16.9 Å². The van der Waals surface area contributed by atoms with Gasteiger partial charge in [-0.2, -0.15) is 0 Å². The minimum Gasteiger partial charge on any atom is -0.371 e. The molecule has 1 aliphatic heterocycles. The van der Waals surface area contributed by atoms with Gasteiger partial charge in [0.25, 0.3) is 5.91 Å².